The van der Waals surface area contributed by atoms with Gasteiger partial charge >= 0.3 is 0 Å². The van der Waals surface area contributed by atoms with Crippen LogP contribution in [0.1, 0.15) is 11.1 Å². The molecule has 1 aliphatic rings. The van der Waals surface area contributed by atoms with E-state index in [1.165, 1.54) is 17.8 Å². The van der Waals surface area contributed by atoms with Gasteiger partial charge in [0, 0.05) is 6.20 Å². The lowest BCUT2D eigenvalue weighted by Crippen LogP contribution is -2.26. The van der Waals surface area contributed by atoms with Gasteiger partial charge in [0.25, 0.3) is 0 Å². The van der Waals surface area contributed by atoms with Gasteiger partial charge in [-0.05, 0) is 42.7 Å². The molecule has 1 fully saturated rings. The van der Waals surface area contributed by atoms with Crippen molar-refractivity contribution in [1.29, 1.82) is 0 Å². The molecule has 1 aliphatic heterocycles. The number of hydrogen-bond donors (Lipinski definition) is 1. The summed E-state index contributed by atoms with van der Waals surface area (Å²) < 4.78 is 13.7. The second-order valence-electron chi connectivity index (χ2n) is 5.00. The molecule has 1 N–H and O–H groups in total. The molecule has 6 heteroatoms. The first kappa shape index (κ1) is 14.7. The van der Waals surface area contributed by atoms with Crippen LogP contribution in [0.4, 0.5) is 10.2 Å². The third-order valence-electron chi connectivity index (χ3n) is 3.26. The van der Waals surface area contributed by atoms with Crippen molar-refractivity contribution in [1.82, 2.24) is 10.3 Å². The summed E-state index contributed by atoms with van der Waals surface area (Å²) in [5.74, 6) is 0.107. The molecule has 0 aliphatic carbocycles. The minimum absolute atomic E-state index is 0.153. The Kier molecular flexibility index (Phi) is 4.20. The lowest BCUT2D eigenvalue weighted by molar-refractivity contribution is -0.118. The molecule has 2 heterocycles. The van der Waals surface area contributed by atoms with E-state index in [1.807, 2.05) is 19.1 Å². The lowest BCUT2D eigenvalue weighted by atomic mass is 10.1. The highest BCUT2D eigenvalue weighted by Gasteiger charge is 2.31. The highest BCUT2D eigenvalue weighted by atomic mass is 32.2. The first-order chi connectivity index (χ1) is 10.6. The van der Waals surface area contributed by atoms with Gasteiger partial charge in [-0.25, -0.2) is 14.4 Å². The number of amidine groups is 1. The van der Waals surface area contributed by atoms with Crippen molar-refractivity contribution in [2.75, 3.05) is 0 Å². The van der Waals surface area contributed by atoms with Crippen LogP contribution in [-0.2, 0) is 11.2 Å². The number of pyridine rings is 1. The van der Waals surface area contributed by atoms with Gasteiger partial charge in [-0.3, -0.25) is 4.79 Å². The molecule has 0 radical (unpaired) electrons. The van der Waals surface area contributed by atoms with Crippen molar-refractivity contribution in [2.24, 2.45) is 4.99 Å². The average Bonchev–Trinajstić information content (AvgIpc) is 2.81. The molecule has 1 aromatic heterocycles. The minimum Gasteiger partial charge on any atom is -0.304 e. The number of rotatable bonds is 3. The van der Waals surface area contributed by atoms with E-state index >= 15 is 0 Å². The molecule has 1 amide bonds. The highest BCUT2D eigenvalue weighted by Crippen LogP contribution is 2.26. The van der Waals surface area contributed by atoms with Crippen LogP contribution in [0.15, 0.2) is 47.6 Å². The lowest BCUT2D eigenvalue weighted by Gasteiger charge is -2.06. The molecule has 0 bridgehead atoms. The SMILES string of the molecule is Cc1ccnc(N=C2NC(=O)C(Cc3ccccc3F)S2)c1. The Morgan fingerprint density at radius 2 is 2.18 bits per heavy atom. The van der Waals surface area contributed by atoms with E-state index < -0.39 is 0 Å². The summed E-state index contributed by atoms with van der Waals surface area (Å²) in [5.41, 5.74) is 1.58. The van der Waals surface area contributed by atoms with Crippen molar-refractivity contribution < 1.29 is 9.18 Å². The fraction of sp³-hybridized carbons (Fsp3) is 0.188. The first-order valence-corrected chi connectivity index (χ1v) is 7.72. The number of benzene rings is 1. The van der Waals surface area contributed by atoms with Gasteiger partial charge in [-0.1, -0.05) is 30.0 Å². The van der Waals surface area contributed by atoms with Crippen LogP contribution < -0.4 is 5.32 Å². The van der Waals surface area contributed by atoms with Crippen molar-refractivity contribution in [3.63, 3.8) is 0 Å². The standard InChI is InChI=1S/C16H14FN3OS/c1-10-6-7-18-14(8-10)19-16-20-15(21)13(22-16)9-11-4-2-3-5-12(11)17/h2-8,13H,9H2,1H3,(H,18,19,20,21). The number of nitrogens with zero attached hydrogens (tertiary/aromatic N) is 2. The predicted molar refractivity (Wildman–Crippen MR) is 85.7 cm³/mol. The Bertz CT molecular complexity index is 748. The third kappa shape index (κ3) is 3.33. The monoisotopic (exact) mass is 315 g/mol. The normalized spacial score (nSPS) is 19.5. The summed E-state index contributed by atoms with van der Waals surface area (Å²) in [4.78, 5) is 20.5. The van der Waals surface area contributed by atoms with Crippen molar-refractivity contribution in [3.05, 3.63) is 59.5 Å². The van der Waals surface area contributed by atoms with Crippen LogP contribution in [0.2, 0.25) is 0 Å². The molecule has 4 nitrogen and oxygen atoms in total. The molecule has 112 valence electrons. The zero-order valence-corrected chi connectivity index (χ0v) is 12.7. The quantitative estimate of drug-likeness (QED) is 0.947. The molecule has 3 rings (SSSR count). The summed E-state index contributed by atoms with van der Waals surface area (Å²) in [6.07, 6.45) is 2.01. The Morgan fingerprint density at radius 1 is 1.36 bits per heavy atom. The van der Waals surface area contributed by atoms with E-state index in [4.69, 9.17) is 0 Å². The molecule has 1 atom stereocenters. The van der Waals surface area contributed by atoms with E-state index in [-0.39, 0.29) is 17.0 Å². The van der Waals surface area contributed by atoms with Crippen LogP contribution in [0, 0.1) is 12.7 Å². The van der Waals surface area contributed by atoms with Gasteiger partial charge in [-0.15, -0.1) is 0 Å². The number of aliphatic imine (C=N–C) groups is 1. The van der Waals surface area contributed by atoms with Gasteiger partial charge in [0.15, 0.2) is 11.0 Å². The number of amides is 1. The van der Waals surface area contributed by atoms with E-state index in [9.17, 15) is 9.18 Å². The van der Waals surface area contributed by atoms with Gasteiger partial charge in [0.1, 0.15) is 5.82 Å². The Morgan fingerprint density at radius 3 is 2.95 bits per heavy atom. The molecular weight excluding hydrogens is 301 g/mol. The molecule has 0 spiro atoms. The maximum absolute atomic E-state index is 13.7. The van der Waals surface area contributed by atoms with Crippen molar-refractivity contribution in [2.45, 2.75) is 18.6 Å². The van der Waals surface area contributed by atoms with E-state index in [1.54, 1.807) is 24.4 Å². The first-order valence-electron chi connectivity index (χ1n) is 6.84. The number of nitrogens with one attached hydrogen (secondary N) is 1. The summed E-state index contributed by atoms with van der Waals surface area (Å²) in [5, 5.41) is 2.85. The smallest absolute Gasteiger partial charge is 0.239 e. The average molecular weight is 315 g/mol. The summed E-state index contributed by atoms with van der Waals surface area (Å²) in [6.45, 7) is 1.95. The van der Waals surface area contributed by atoms with Crippen LogP contribution in [0.5, 0.6) is 0 Å². The van der Waals surface area contributed by atoms with E-state index in [0.29, 0.717) is 23.0 Å². The third-order valence-corrected chi connectivity index (χ3v) is 4.34. The zero-order chi connectivity index (χ0) is 15.5. The number of carbonyl (C=O) groups excluding carboxylic acids is 1. The number of aromatic nitrogens is 1. The topological polar surface area (TPSA) is 54.4 Å². The number of thioether (sulfide) groups is 1. The fourth-order valence-electron chi connectivity index (χ4n) is 2.14. The van der Waals surface area contributed by atoms with E-state index in [0.717, 1.165) is 5.56 Å². The number of aryl methyl sites for hydroxylation is 1. The van der Waals surface area contributed by atoms with Crippen LogP contribution in [0.3, 0.4) is 0 Å². The fourth-order valence-corrected chi connectivity index (χ4v) is 3.15. The molecule has 2 aromatic rings. The van der Waals surface area contributed by atoms with Crippen LogP contribution >= 0.6 is 11.8 Å². The van der Waals surface area contributed by atoms with Gasteiger partial charge in [0.05, 0.1) is 5.25 Å². The van der Waals surface area contributed by atoms with Crippen LogP contribution in [-0.4, -0.2) is 21.3 Å². The van der Waals surface area contributed by atoms with Crippen molar-refractivity contribution >= 4 is 28.7 Å². The van der Waals surface area contributed by atoms with Gasteiger partial charge in [0.2, 0.25) is 5.91 Å². The molecule has 0 saturated carbocycles. The second kappa shape index (κ2) is 6.27. The maximum Gasteiger partial charge on any atom is 0.239 e. The zero-order valence-electron chi connectivity index (χ0n) is 11.9. The maximum atomic E-state index is 13.7. The number of hydrogen-bond acceptors (Lipinski definition) is 4. The predicted octanol–water partition coefficient (Wildman–Crippen LogP) is 2.99. The molecule has 1 aromatic carbocycles. The molecule has 1 unspecified atom stereocenters. The minimum atomic E-state index is -0.375. The molecular formula is C16H14FN3OS. The summed E-state index contributed by atoms with van der Waals surface area (Å²) in [6, 6.07) is 10.2. The van der Waals surface area contributed by atoms with Gasteiger partial charge < -0.3 is 5.32 Å². The highest BCUT2D eigenvalue weighted by molar-refractivity contribution is 8.15. The Balaban J connectivity index is 1.75. The molecule has 22 heavy (non-hydrogen) atoms. The number of halogens is 1. The Hall–Kier alpha value is -2.21. The van der Waals surface area contributed by atoms with Crippen LogP contribution in [0.25, 0.3) is 0 Å². The van der Waals surface area contributed by atoms with Gasteiger partial charge in [-0.2, -0.15) is 0 Å². The second-order valence-corrected chi connectivity index (χ2v) is 6.19. The largest absolute Gasteiger partial charge is 0.304 e. The number of carbonyl (C=O) groups is 1. The summed E-state index contributed by atoms with van der Waals surface area (Å²) >= 11 is 1.31. The summed E-state index contributed by atoms with van der Waals surface area (Å²) in [7, 11) is 0. The molecule has 1 saturated heterocycles. The van der Waals surface area contributed by atoms with E-state index in [2.05, 4.69) is 15.3 Å². The Labute approximate surface area is 131 Å². The van der Waals surface area contributed by atoms with Crippen molar-refractivity contribution in [3.8, 4) is 0 Å².